The highest BCUT2D eigenvalue weighted by molar-refractivity contribution is 5.94. The van der Waals surface area contributed by atoms with E-state index in [-0.39, 0.29) is 5.91 Å². The summed E-state index contributed by atoms with van der Waals surface area (Å²) in [5, 5.41) is 0. The molecule has 1 fully saturated rings. The van der Waals surface area contributed by atoms with Crippen LogP contribution in [0.2, 0.25) is 0 Å². The molecular formula is C22H28N2O2. The van der Waals surface area contributed by atoms with Gasteiger partial charge in [-0.25, -0.2) is 0 Å². The number of carbonyl (C=O) groups is 1. The number of ether oxygens (including phenoxy) is 1. The molecule has 0 spiro atoms. The first kappa shape index (κ1) is 18.5. The highest BCUT2D eigenvalue weighted by atomic mass is 16.5. The van der Waals surface area contributed by atoms with Gasteiger partial charge >= 0.3 is 0 Å². The number of aryl methyl sites for hydroxylation is 1. The van der Waals surface area contributed by atoms with Crippen LogP contribution < -0.4 is 4.74 Å². The third kappa shape index (κ3) is 5.09. The van der Waals surface area contributed by atoms with Crippen molar-refractivity contribution in [1.29, 1.82) is 0 Å². The second kappa shape index (κ2) is 9.39. The second-order valence-corrected chi connectivity index (χ2v) is 6.68. The Hall–Kier alpha value is -2.33. The van der Waals surface area contributed by atoms with Crippen LogP contribution in [0.3, 0.4) is 0 Å². The maximum absolute atomic E-state index is 12.6. The molecule has 2 aromatic carbocycles. The number of amides is 1. The fourth-order valence-corrected chi connectivity index (χ4v) is 3.37. The molecule has 3 rings (SSSR count). The maximum Gasteiger partial charge on any atom is 0.253 e. The minimum Gasteiger partial charge on any atom is -0.494 e. The van der Waals surface area contributed by atoms with Gasteiger partial charge in [0.05, 0.1) is 6.61 Å². The number of carbonyl (C=O) groups excluding carboxylic acids is 1. The zero-order valence-corrected chi connectivity index (χ0v) is 15.6. The summed E-state index contributed by atoms with van der Waals surface area (Å²) in [7, 11) is 0. The Morgan fingerprint density at radius 2 is 1.65 bits per heavy atom. The van der Waals surface area contributed by atoms with Crippen LogP contribution >= 0.6 is 0 Å². The Balaban J connectivity index is 1.42. The summed E-state index contributed by atoms with van der Waals surface area (Å²) in [6.45, 7) is 7.21. The van der Waals surface area contributed by atoms with Crippen molar-refractivity contribution in [3.8, 4) is 5.75 Å². The first-order valence-electron chi connectivity index (χ1n) is 9.54. The summed E-state index contributed by atoms with van der Waals surface area (Å²) >= 11 is 0. The third-order valence-corrected chi connectivity index (χ3v) is 4.85. The van der Waals surface area contributed by atoms with Gasteiger partial charge in [-0.05, 0) is 56.1 Å². The Labute approximate surface area is 156 Å². The van der Waals surface area contributed by atoms with Crippen LogP contribution in [0.5, 0.6) is 5.75 Å². The van der Waals surface area contributed by atoms with E-state index in [0.29, 0.717) is 6.61 Å². The highest BCUT2D eigenvalue weighted by Crippen LogP contribution is 2.15. The average molecular weight is 352 g/mol. The van der Waals surface area contributed by atoms with Crippen LogP contribution in [0, 0.1) is 0 Å². The van der Waals surface area contributed by atoms with Crippen LogP contribution in [0.1, 0.15) is 29.3 Å². The van der Waals surface area contributed by atoms with Gasteiger partial charge in [0.1, 0.15) is 5.75 Å². The predicted molar refractivity (Wildman–Crippen MR) is 105 cm³/mol. The average Bonchev–Trinajstić information content (AvgIpc) is 2.70. The standard InChI is InChI=1S/C22H28N2O2/c1-2-26-21-12-10-20(11-13-21)22(25)24-17-15-23(16-18-24)14-6-9-19-7-4-3-5-8-19/h3-5,7-8,10-13H,2,6,9,14-18H2,1H3. The van der Waals surface area contributed by atoms with Gasteiger partial charge in [-0.2, -0.15) is 0 Å². The number of hydrogen-bond donors (Lipinski definition) is 0. The molecule has 2 aromatic rings. The van der Waals surface area contributed by atoms with Gasteiger partial charge in [0.2, 0.25) is 0 Å². The molecule has 0 aromatic heterocycles. The molecule has 1 aliphatic heterocycles. The van der Waals surface area contributed by atoms with E-state index in [0.717, 1.165) is 56.9 Å². The SMILES string of the molecule is CCOc1ccc(C(=O)N2CCN(CCCc3ccccc3)CC2)cc1. The van der Waals surface area contributed by atoms with Crippen molar-refractivity contribution < 1.29 is 9.53 Å². The molecule has 1 aliphatic rings. The largest absolute Gasteiger partial charge is 0.494 e. The lowest BCUT2D eigenvalue weighted by Crippen LogP contribution is -2.48. The topological polar surface area (TPSA) is 32.8 Å². The van der Waals surface area contributed by atoms with E-state index < -0.39 is 0 Å². The summed E-state index contributed by atoms with van der Waals surface area (Å²) in [6, 6.07) is 18.1. The van der Waals surface area contributed by atoms with Gasteiger partial charge in [0.25, 0.3) is 5.91 Å². The molecule has 0 radical (unpaired) electrons. The Morgan fingerprint density at radius 3 is 2.31 bits per heavy atom. The Morgan fingerprint density at radius 1 is 0.962 bits per heavy atom. The fourth-order valence-electron chi connectivity index (χ4n) is 3.37. The molecule has 0 saturated carbocycles. The minimum atomic E-state index is 0.122. The monoisotopic (exact) mass is 352 g/mol. The van der Waals surface area contributed by atoms with E-state index in [1.54, 1.807) is 0 Å². The van der Waals surface area contributed by atoms with E-state index in [9.17, 15) is 4.79 Å². The number of hydrogen-bond acceptors (Lipinski definition) is 3. The first-order chi connectivity index (χ1) is 12.8. The summed E-state index contributed by atoms with van der Waals surface area (Å²) in [5.41, 5.74) is 2.14. The van der Waals surface area contributed by atoms with E-state index in [1.165, 1.54) is 5.56 Å². The van der Waals surface area contributed by atoms with Crippen molar-refractivity contribution in [3.63, 3.8) is 0 Å². The fraction of sp³-hybridized carbons (Fsp3) is 0.409. The van der Waals surface area contributed by atoms with Crippen LogP contribution in [-0.4, -0.2) is 55.0 Å². The van der Waals surface area contributed by atoms with Crippen molar-refractivity contribution in [2.24, 2.45) is 0 Å². The van der Waals surface area contributed by atoms with Crippen molar-refractivity contribution in [1.82, 2.24) is 9.80 Å². The molecule has 138 valence electrons. The molecule has 1 amide bonds. The molecule has 0 unspecified atom stereocenters. The molecule has 4 nitrogen and oxygen atoms in total. The second-order valence-electron chi connectivity index (χ2n) is 6.68. The van der Waals surface area contributed by atoms with Gasteiger partial charge in [-0.3, -0.25) is 9.69 Å². The molecule has 0 bridgehead atoms. The molecular weight excluding hydrogens is 324 g/mol. The molecule has 4 heteroatoms. The quantitative estimate of drug-likeness (QED) is 0.765. The van der Waals surface area contributed by atoms with Gasteiger partial charge in [-0.15, -0.1) is 0 Å². The summed E-state index contributed by atoms with van der Waals surface area (Å²) in [5.74, 6) is 0.935. The predicted octanol–water partition coefficient (Wildman–Crippen LogP) is 3.48. The van der Waals surface area contributed by atoms with Crippen LogP contribution in [0.15, 0.2) is 54.6 Å². The molecule has 26 heavy (non-hydrogen) atoms. The summed E-state index contributed by atoms with van der Waals surface area (Å²) in [6.07, 6.45) is 2.28. The van der Waals surface area contributed by atoms with E-state index in [1.807, 2.05) is 36.1 Å². The number of nitrogens with zero attached hydrogens (tertiary/aromatic N) is 2. The molecule has 0 N–H and O–H groups in total. The molecule has 0 atom stereocenters. The lowest BCUT2D eigenvalue weighted by atomic mass is 10.1. The number of rotatable bonds is 7. The zero-order valence-electron chi connectivity index (χ0n) is 15.6. The van der Waals surface area contributed by atoms with E-state index in [4.69, 9.17) is 4.74 Å². The van der Waals surface area contributed by atoms with Crippen molar-refractivity contribution in [2.75, 3.05) is 39.3 Å². The van der Waals surface area contributed by atoms with Gasteiger partial charge in [0.15, 0.2) is 0 Å². The normalized spacial score (nSPS) is 15.0. The van der Waals surface area contributed by atoms with Crippen molar-refractivity contribution in [2.45, 2.75) is 19.8 Å². The Kier molecular flexibility index (Phi) is 6.67. The third-order valence-electron chi connectivity index (χ3n) is 4.85. The number of benzene rings is 2. The lowest BCUT2D eigenvalue weighted by Gasteiger charge is -2.34. The van der Waals surface area contributed by atoms with Crippen LogP contribution in [0.4, 0.5) is 0 Å². The van der Waals surface area contributed by atoms with Crippen LogP contribution in [0.25, 0.3) is 0 Å². The van der Waals surface area contributed by atoms with E-state index in [2.05, 4.69) is 35.2 Å². The summed E-state index contributed by atoms with van der Waals surface area (Å²) in [4.78, 5) is 17.1. The van der Waals surface area contributed by atoms with Crippen molar-refractivity contribution in [3.05, 3.63) is 65.7 Å². The molecule has 1 saturated heterocycles. The van der Waals surface area contributed by atoms with Gasteiger partial charge in [0, 0.05) is 31.7 Å². The van der Waals surface area contributed by atoms with E-state index >= 15 is 0 Å². The maximum atomic E-state index is 12.6. The van der Waals surface area contributed by atoms with Crippen LogP contribution in [-0.2, 0) is 6.42 Å². The zero-order chi connectivity index (χ0) is 18.2. The minimum absolute atomic E-state index is 0.122. The lowest BCUT2D eigenvalue weighted by molar-refractivity contribution is 0.0636. The summed E-state index contributed by atoms with van der Waals surface area (Å²) < 4.78 is 5.44. The smallest absolute Gasteiger partial charge is 0.253 e. The highest BCUT2D eigenvalue weighted by Gasteiger charge is 2.21. The van der Waals surface area contributed by atoms with Crippen molar-refractivity contribution >= 4 is 5.91 Å². The van der Waals surface area contributed by atoms with Gasteiger partial charge < -0.3 is 9.64 Å². The molecule has 1 heterocycles. The Bertz CT molecular complexity index is 677. The number of piperazine rings is 1. The van der Waals surface area contributed by atoms with Gasteiger partial charge in [-0.1, -0.05) is 30.3 Å². The first-order valence-corrected chi connectivity index (χ1v) is 9.54. The molecule has 0 aliphatic carbocycles.